The average Bonchev–Trinajstić information content (AvgIpc) is 3.10. The third-order valence-corrected chi connectivity index (χ3v) is 6.20. The molecular weight excluding hydrogens is 473 g/mol. The Bertz CT molecular complexity index is 1080. The van der Waals surface area contributed by atoms with Gasteiger partial charge in [-0.05, 0) is 35.4 Å². The average molecular weight is 485 g/mol. The molecule has 3 aromatic rings. The molecule has 0 aliphatic rings. The summed E-state index contributed by atoms with van der Waals surface area (Å²) in [4.78, 5) is 3.45. The molecule has 29 heavy (non-hydrogen) atoms. The number of hydrogen-bond donors (Lipinski definition) is 1. The molecule has 0 aliphatic heterocycles. The van der Waals surface area contributed by atoms with Crippen LogP contribution in [0.3, 0.4) is 0 Å². The summed E-state index contributed by atoms with van der Waals surface area (Å²) in [5.74, 6) is -2.08. The molecule has 1 aromatic heterocycles. The SMILES string of the molecule is CP(=O)(Cc1ccc(-c2noc(C(F)(F)Cl)n2)cc1F)Nc1c(Cl)cccc1Cl. The Hall–Kier alpha value is -1.73. The molecule has 0 saturated carbocycles. The van der Waals surface area contributed by atoms with E-state index >= 15 is 0 Å². The highest BCUT2D eigenvalue weighted by atomic mass is 35.5. The number of alkyl halides is 3. The number of nitrogens with zero attached hydrogens (tertiary/aromatic N) is 2. The summed E-state index contributed by atoms with van der Waals surface area (Å²) in [6.45, 7) is 1.42. The molecule has 0 amide bonds. The first-order valence-corrected chi connectivity index (χ1v) is 11.4. The Morgan fingerprint density at radius 3 is 2.41 bits per heavy atom. The maximum absolute atomic E-state index is 14.5. The minimum absolute atomic E-state index is 0.0928. The van der Waals surface area contributed by atoms with Crippen LogP contribution in [-0.2, 0) is 16.1 Å². The molecule has 0 fully saturated rings. The van der Waals surface area contributed by atoms with Gasteiger partial charge in [-0.25, -0.2) is 4.39 Å². The lowest BCUT2D eigenvalue weighted by Crippen LogP contribution is -2.03. The summed E-state index contributed by atoms with van der Waals surface area (Å²) in [5, 5.41) is 2.87. The second kappa shape index (κ2) is 8.19. The lowest BCUT2D eigenvalue weighted by Gasteiger charge is -2.18. The zero-order valence-corrected chi connectivity index (χ0v) is 17.8. The van der Waals surface area contributed by atoms with Crippen LogP contribution in [-0.4, -0.2) is 16.8 Å². The van der Waals surface area contributed by atoms with E-state index in [4.69, 9.17) is 34.8 Å². The number of aromatic nitrogens is 2. The normalized spacial score (nSPS) is 13.9. The smallest absolute Gasteiger partial charge is 0.334 e. The van der Waals surface area contributed by atoms with Crippen molar-refractivity contribution in [3.05, 3.63) is 63.7 Å². The third-order valence-electron chi connectivity index (χ3n) is 3.76. The lowest BCUT2D eigenvalue weighted by atomic mass is 10.1. The molecule has 0 aliphatic carbocycles. The molecular formula is C17H12Cl3F3N3O2P. The summed E-state index contributed by atoms with van der Waals surface area (Å²) in [5.41, 5.74) is 0.511. The summed E-state index contributed by atoms with van der Waals surface area (Å²) < 4.78 is 57.8. The van der Waals surface area contributed by atoms with E-state index in [1.807, 2.05) is 0 Å². The van der Waals surface area contributed by atoms with Gasteiger partial charge in [0, 0.05) is 18.4 Å². The summed E-state index contributed by atoms with van der Waals surface area (Å²) in [6.07, 6.45) is -0.155. The van der Waals surface area contributed by atoms with Crippen molar-refractivity contribution in [2.75, 3.05) is 11.8 Å². The van der Waals surface area contributed by atoms with E-state index in [0.29, 0.717) is 5.69 Å². The van der Waals surface area contributed by atoms with Crippen LogP contribution >= 0.6 is 42.1 Å². The number of halogens is 6. The van der Waals surface area contributed by atoms with Crippen molar-refractivity contribution in [2.24, 2.45) is 0 Å². The molecule has 154 valence electrons. The van der Waals surface area contributed by atoms with Crippen LogP contribution in [0.2, 0.25) is 10.0 Å². The highest BCUT2D eigenvalue weighted by molar-refractivity contribution is 7.63. The standard InChI is InChI=1S/C17H12Cl3F3N3O2P/c1-29(27,26-14-11(18)3-2-4-12(14)19)8-10-6-5-9(7-13(10)21)15-24-16(28-25-15)17(20,22)23/h2-7H,8H2,1H3,(H,26,27). The van der Waals surface area contributed by atoms with E-state index in [-0.39, 0.29) is 33.2 Å². The van der Waals surface area contributed by atoms with Crippen molar-refractivity contribution in [3.8, 4) is 11.4 Å². The fraction of sp³-hybridized carbons (Fsp3) is 0.176. The number of anilines is 1. The number of para-hydroxylation sites is 1. The molecule has 3 rings (SSSR count). The van der Waals surface area contributed by atoms with E-state index in [9.17, 15) is 17.7 Å². The highest BCUT2D eigenvalue weighted by Crippen LogP contribution is 2.48. The first kappa shape index (κ1) is 22.0. The lowest BCUT2D eigenvalue weighted by molar-refractivity contribution is 0.0551. The molecule has 0 bridgehead atoms. The van der Waals surface area contributed by atoms with E-state index in [1.165, 1.54) is 18.8 Å². The summed E-state index contributed by atoms with van der Waals surface area (Å²) in [6, 6.07) is 8.56. The predicted octanol–water partition coefficient (Wildman–Crippen LogP) is 6.99. The molecule has 1 N–H and O–H groups in total. The molecule has 0 saturated heterocycles. The van der Waals surface area contributed by atoms with Crippen LogP contribution in [0.4, 0.5) is 18.9 Å². The van der Waals surface area contributed by atoms with Gasteiger partial charge in [-0.1, -0.05) is 46.6 Å². The van der Waals surface area contributed by atoms with E-state index in [1.54, 1.807) is 18.2 Å². The van der Waals surface area contributed by atoms with Crippen LogP contribution < -0.4 is 5.09 Å². The van der Waals surface area contributed by atoms with Gasteiger partial charge in [-0.3, -0.25) is 0 Å². The van der Waals surface area contributed by atoms with Crippen molar-refractivity contribution >= 4 is 47.8 Å². The molecule has 0 spiro atoms. The van der Waals surface area contributed by atoms with Gasteiger partial charge in [-0.15, -0.1) is 0 Å². The zero-order valence-electron chi connectivity index (χ0n) is 14.6. The Morgan fingerprint density at radius 2 is 1.86 bits per heavy atom. The number of rotatable bonds is 6. The quantitative estimate of drug-likeness (QED) is 0.302. The van der Waals surface area contributed by atoms with Crippen LogP contribution in [0.5, 0.6) is 0 Å². The monoisotopic (exact) mass is 483 g/mol. The minimum atomic E-state index is -3.83. The van der Waals surface area contributed by atoms with Gasteiger partial charge in [0.05, 0.1) is 15.7 Å². The van der Waals surface area contributed by atoms with E-state index in [2.05, 4.69) is 19.8 Å². The van der Waals surface area contributed by atoms with E-state index < -0.39 is 24.4 Å². The minimum Gasteiger partial charge on any atom is -0.334 e. The van der Waals surface area contributed by atoms with Gasteiger partial charge in [0.2, 0.25) is 5.82 Å². The Morgan fingerprint density at radius 1 is 1.21 bits per heavy atom. The molecule has 1 atom stereocenters. The molecule has 1 unspecified atom stereocenters. The van der Waals surface area contributed by atoms with Crippen molar-refractivity contribution in [1.29, 1.82) is 0 Å². The predicted molar refractivity (Wildman–Crippen MR) is 107 cm³/mol. The Balaban J connectivity index is 1.82. The number of hydrogen-bond acceptors (Lipinski definition) is 4. The maximum Gasteiger partial charge on any atom is 0.400 e. The van der Waals surface area contributed by atoms with Gasteiger partial charge in [0.25, 0.3) is 0 Å². The molecule has 12 heteroatoms. The topological polar surface area (TPSA) is 68.0 Å². The molecule has 1 heterocycles. The van der Waals surface area contributed by atoms with Crippen LogP contribution in [0.1, 0.15) is 11.5 Å². The number of benzene rings is 2. The maximum atomic E-state index is 14.5. The van der Waals surface area contributed by atoms with Gasteiger partial charge in [0.1, 0.15) is 5.82 Å². The van der Waals surface area contributed by atoms with Crippen molar-refractivity contribution in [2.45, 2.75) is 11.5 Å². The first-order valence-electron chi connectivity index (χ1n) is 7.95. The van der Waals surface area contributed by atoms with Crippen LogP contribution in [0, 0.1) is 5.82 Å². The van der Waals surface area contributed by atoms with Gasteiger partial charge < -0.3 is 14.2 Å². The second-order valence-corrected chi connectivity index (χ2v) is 10.2. The summed E-state index contributed by atoms with van der Waals surface area (Å²) in [7, 11) is -3.15. The molecule has 2 aromatic carbocycles. The van der Waals surface area contributed by atoms with Gasteiger partial charge in [-0.2, -0.15) is 13.8 Å². The fourth-order valence-electron chi connectivity index (χ4n) is 2.48. The number of nitrogens with one attached hydrogen (secondary N) is 1. The Labute approximate surface area is 178 Å². The van der Waals surface area contributed by atoms with Crippen molar-refractivity contribution in [3.63, 3.8) is 0 Å². The fourth-order valence-corrected chi connectivity index (χ4v) is 4.88. The van der Waals surface area contributed by atoms with Gasteiger partial charge in [0.15, 0.2) is 7.29 Å². The van der Waals surface area contributed by atoms with E-state index in [0.717, 1.165) is 6.07 Å². The summed E-state index contributed by atoms with van der Waals surface area (Å²) >= 11 is 16.9. The Kier molecular flexibility index (Phi) is 6.20. The highest BCUT2D eigenvalue weighted by Gasteiger charge is 2.35. The third kappa shape index (κ3) is 5.25. The first-order chi connectivity index (χ1) is 13.5. The van der Waals surface area contributed by atoms with Crippen molar-refractivity contribution in [1.82, 2.24) is 10.1 Å². The molecule has 0 radical (unpaired) electrons. The van der Waals surface area contributed by atoms with Crippen LogP contribution in [0.15, 0.2) is 40.9 Å². The van der Waals surface area contributed by atoms with Gasteiger partial charge >= 0.3 is 11.3 Å². The largest absolute Gasteiger partial charge is 0.400 e. The van der Waals surface area contributed by atoms with Crippen molar-refractivity contribution < 1.29 is 22.3 Å². The second-order valence-electron chi connectivity index (χ2n) is 6.19. The molecule has 5 nitrogen and oxygen atoms in total. The zero-order chi connectivity index (χ0) is 21.4. The van der Waals surface area contributed by atoms with Crippen LogP contribution in [0.25, 0.3) is 11.4 Å².